The molecule has 0 bridgehead atoms. The monoisotopic (exact) mass is 451 g/mol. The molecule has 1 N–H and O–H groups in total. The minimum Gasteiger partial charge on any atom is -0.374 e. The molecule has 7 heteroatoms. The number of carbonyl (C=O) groups excluding carboxylic acids is 1. The average Bonchev–Trinajstić information content (AvgIpc) is 2.60. The Bertz CT molecular complexity index is 838. The molecule has 0 radical (unpaired) electrons. The van der Waals surface area contributed by atoms with Crippen molar-refractivity contribution in [2.45, 2.75) is 19.4 Å². The Kier molecular flexibility index (Phi) is 5.22. The third-order valence-electron chi connectivity index (χ3n) is 4.35. The van der Waals surface area contributed by atoms with E-state index >= 15 is 0 Å². The van der Waals surface area contributed by atoms with Crippen LogP contribution in [0, 0.1) is 13.7 Å². The third kappa shape index (κ3) is 3.92. The van der Waals surface area contributed by atoms with Gasteiger partial charge in [-0.05, 0) is 58.7 Å². The quantitative estimate of drug-likeness (QED) is 0.439. The van der Waals surface area contributed by atoms with Crippen molar-refractivity contribution in [1.82, 2.24) is 5.32 Å². The van der Waals surface area contributed by atoms with Gasteiger partial charge in [0.25, 0.3) is 11.6 Å². The number of hydrogen-bond donors (Lipinski definition) is 1. The lowest BCUT2D eigenvalue weighted by Crippen LogP contribution is -2.26. The van der Waals surface area contributed by atoms with Crippen LogP contribution < -0.4 is 10.2 Å². The van der Waals surface area contributed by atoms with E-state index in [1.165, 1.54) is 23.4 Å². The van der Waals surface area contributed by atoms with E-state index < -0.39 is 4.92 Å². The highest BCUT2D eigenvalue weighted by Gasteiger charge is 2.16. The largest absolute Gasteiger partial charge is 0.374 e. The lowest BCUT2D eigenvalue weighted by atomic mass is 9.99. The predicted molar refractivity (Wildman–Crippen MR) is 105 cm³/mol. The zero-order valence-electron chi connectivity index (χ0n) is 13.8. The van der Waals surface area contributed by atoms with Gasteiger partial charge in [-0.1, -0.05) is 12.1 Å². The number of benzene rings is 2. The minimum atomic E-state index is -0.493. The molecule has 0 fully saturated rings. The Morgan fingerprint density at radius 3 is 2.88 bits per heavy atom. The highest BCUT2D eigenvalue weighted by molar-refractivity contribution is 14.1. The van der Waals surface area contributed by atoms with E-state index in [1.54, 1.807) is 6.07 Å². The number of anilines is 1. The summed E-state index contributed by atoms with van der Waals surface area (Å²) in [6, 6.07) is 10.5. The standard InChI is InChI=1S/C18H18IN3O3/c1-21-8-2-3-13-9-12(4-7-17(13)21)11-20-18(23)15-10-14(22(24)25)5-6-16(15)19/h4-7,9-10H,2-3,8,11H2,1H3,(H,20,23). The van der Waals surface area contributed by atoms with Crippen LogP contribution in [0.3, 0.4) is 0 Å². The number of nitrogens with zero attached hydrogens (tertiary/aromatic N) is 2. The third-order valence-corrected chi connectivity index (χ3v) is 5.29. The van der Waals surface area contributed by atoms with Crippen LogP contribution in [0.5, 0.6) is 0 Å². The SMILES string of the molecule is CN1CCCc2cc(CNC(=O)c3cc([N+](=O)[O-])ccc3I)ccc21. The van der Waals surface area contributed by atoms with E-state index in [-0.39, 0.29) is 11.6 Å². The molecule has 0 aromatic heterocycles. The molecule has 2 aromatic carbocycles. The lowest BCUT2D eigenvalue weighted by Gasteiger charge is -2.27. The number of non-ortho nitro benzene ring substituents is 1. The summed E-state index contributed by atoms with van der Waals surface area (Å²) in [4.78, 5) is 25.1. The van der Waals surface area contributed by atoms with Gasteiger partial charge in [0.15, 0.2) is 0 Å². The number of aryl methyl sites for hydroxylation is 1. The number of nitro benzene ring substituents is 1. The Balaban J connectivity index is 1.73. The van der Waals surface area contributed by atoms with Gasteiger partial charge < -0.3 is 10.2 Å². The van der Waals surface area contributed by atoms with E-state index in [2.05, 4.69) is 29.4 Å². The number of nitrogens with one attached hydrogen (secondary N) is 1. The lowest BCUT2D eigenvalue weighted by molar-refractivity contribution is -0.384. The van der Waals surface area contributed by atoms with Gasteiger partial charge in [-0.2, -0.15) is 0 Å². The summed E-state index contributed by atoms with van der Waals surface area (Å²) in [5.41, 5.74) is 3.82. The second kappa shape index (κ2) is 7.38. The molecule has 130 valence electrons. The van der Waals surface area contributed by atoms with E-state index in [0.29, 0.717) is 15.7 Å². The van der Waals surface area contributed by atoms with Crippen LogP contribution in [0.2, 0.25) is 0 Å². The molecule has 1 aliphatic rings. The van der Waals surface area contributed by atoms with E-state index in [0.717, 1.165) is 24.9 Å². The summed E-state index contributed by atoms with van der Waals surface area (Å²) in [6.45, 7) is 1.46. The predicted octanol–water partition coefficient (Wildman–Crippen LogP) is 3.51. The summed E-state index contributed by atoms with van der Waals surface area (Å²) in [5, 5.41) is 13.8. The summed E-state index contributed by atoms with van der Waals surface area (Å²) < 4.78 is 0.688. The van der Waals surface area contributed by atoms with Crippen molar-refractivity contribution in [3.8, 4) is 0 Å². The number of nitro groups is 1. The maximum absolute atomic E-state index is 12.4. The topological polar surface area (TPSA) is 75.5 Å². The fraction of sp³-hybridized carbons (Fsp3) is 0.278. The van der Waals surface area contributed by atoms with Crippen molar-refractivity contribution in [1.29, 1.82) is 0 Å². The summed E-state index contributed by atoms with van der Waals surface area (Å²) in [6.07, 6.45) is 2.18. The van der Waals surface area contributed by atoms with Crippen LogP contribution in [0.25, 0.3) is 0 Å². The average molecular weight is 451 g/mol. The Labute approximate surface area is 159 Å². The van der Waals surface area contributed by atoms with Crippen molar-refractivity contribution < 1.29 is 9.72 Å². The van der Waals surface area contributed by atoms with Crippen molar-refractivity contribution in [3.05, 3.63) is 66.8 Å². The highest BCUT2D eigenvalue weighted by Crippen LogP contribution is 2.27. The van der Waals surface area contributed by atoms with E-state index in [1.807, 2.05) is 28.7 Å². The molecule has 1 heterocycles. The fourth-order valence-electron chi connectivity index (χ4n) is 3.03. The number of hydrogen-bond acceptors (Lipinski definition) is 4. The Morgan fingerprint density at radius 2 is 2.12 bits per heavy atom. The second-order valence-corrected chi connectivity index (χ2v) is 7.25. The number of carbonyl (C=O) groups is 1. The van der Waals surface area contributed by atoms with Crippen molar-refractivity contribution in [2.24, 2.45) is 0 Å². The maximum atomic E-state index is 12.4. The molecule has 1 amide bonds. The minimum absolute atomic E-state index is 0.0811. The van der Waals surface area contributed by atoms with Gasteiger partial charge in [-0.15, -0.1) is 0 Å². The van der Waals surface area contributed by atoms with Crippen molar-refractivity contribution in [2.75, 3.05) is 18.5 Å². The van der Waals surface area contributed by atoms with Gasteiger partial charge in [0.05, 0.1) is 10.5 Å². The van der Waals surface area contributed by atoms with Crippen LogP contribution in [0.15, 0.2) is 36.4 Å². The normalized spacial score (nSPS) is 13.3. The van der Waals surface area contributed by atoms with Gasteiger partial charge >= 0.3 is 0 Å². The molecule has 1 aliphatic heterocycles. The summed E-state index contributed by atoms with van der Waals surface area (Å²) >= 11 is 2.01. The number of rotatable bonds is 4. The van der Waals surface area contributed by atoms with Gasteiger partial charge in [-0.3, -0.25) is 14.9 Å². The summed E-state index contributed by atoms with van der Waals surface area (Å²) in [7, 11) is 2.09. The molecule has 0 atom stereocenters. The first-order valence-electron chi connectivity index (χ1n) is 8.01. The van der Waals surface area contributed by atoms with Crippen LogP contribution in [-0.4, -0.2) is 24.4 Å². The zero-order valence-corrected chi connectivity index (χ0v) is 15.9. The maximum Gasteiger partial charge on any atom is 0.270 e. The van der Waals surface area contributed by atoms with Crippen molar-refractivity contribution in [3.63, 3.8) is 0 Å². The number of amides is 1. The van der Waals surface area contributed by atoms with Crippen LogP contribution >= 0.6 is 22.6 Å². The van der Waals surface area contributed by atoms with Gasteiger partial charge in [0.1, 0.15) is 0 Å². The van der Waals surface area contributed by atoms with Crippen LogP contribution in [0.4, 0.5) is 11.4 Å². The van der Waals surface area contributed by atoms with Crippen LogP contribution in [-0.2, 0) is 13.0 Å². The molecule has 0 aliphatic carbocycles. The Morgan fingerprint density at radius 1 is 1.32 bits per heavy atom. The first-order chi connectivity index (χ1) is 12.0. The smallest absolute Gasteiger partial charge is 0.270 e. The molecule has 0 saturated heterocycles. The first-order valence-corrected chi connectivity index (χ1v) is 9.08. The molecule has 0 unspecified atom stereocenters. The van der Waals surface area contributed by atoms with Gasteiger partial charge in [0, 0.05) is 41.5 Å². The molecule has 2 aromatic rings. The molecule has 0 saturated carbocycles. The van der Waals surface area contributed by atoms with E-state index in [9.17, 15) is 14.9 Å². The summed E-state index contributed by atoms with van der Waals surface area (Å²) in [5.74, 6) is -0.303. The van der Waals surface area contributed by atoms with Crippen LogP contribution in [0.1, 0.15) is 27.9 Å². The molecule has 0 spiro atoms. The van der Waals surface area contributed by atoms with Gasteiger partial charge in [-0.25, -0.2) is 0 Å². The zero-order chi connectivity index (χ0) is 18.0. The first kappa shape index (κ1) is 17.7. The number of fused-ring (bicyclic) bond motifs is 1. The molecule has 6 nitrogen and oxygen atoms in total. The highest BCUT2D eigenvalue weighted by atomic mass is 127. The molecular weight excluding hydrogens is 433 g/mol. The second-order valence-electron chi connectivity index (χ2n) is 6.09. The molecule has 25 heavy (non-hydrogen) atoms. The van der Waals surface area contributed by atoms with E-state index in [4.69, 9.17) is 0 Å². The van der Waals surface area contributed by atoms with Gasteiger partial charge in [0.2, 0.25) is 0 Å². The Hall–Kier alpha value is -2.16. The molecular formula is C18H18IN3O3. The fourth-order valence-corrected chi connectivity index (χ4v) is 3.61. The number of halogens is 1. The van der Waals surface area contributed by atoms with Crippen molar-refractivity contribution >= 4 is 39.9 Å². The molecule has 3 rings (SSSR count).